The summed E-state index contributed by atoms with van der Waals surface area (Å²) < 4.78 is 5.78. The number of benzene rings is 2. The maximum absolute atomic E-state index is 12.4. The smallest absolute Gasteiger partial charge is 0.308 e. The van der Waals surface area contributed by atoms with E-state index in [1.165, 1.54) is 13.0 Å². The third-order valence-corrected chi connectivity index (χ3v) is 4.40. The summed E-state index contributed by atoms with van der Waals surface area (Å²) in [6.07, 6.45) is 1.32. The maximum Gasteiger partial charge on any atom is 0.308 e. The Morgan fingerprint density at radius 1 is 1.27 bits per heavy atom. The summed E-state index contributed by atoms with van der Waals surface area (Å²) in [6, 6.07) is 11.4. The number of amides is 1. The Morgan fingerprint density at radius 2 is 2.00 bits per heavy atom. The van der Waals surface area contributed by atoms with Gasteiger partial charge in [0.25, 0.3) is 5.91 Å². The van der Waals surface area contributed by atoms with Crippen LogP contribution in [0.3, 0.4) is 0 Å². The molecule has 8 heteroatoms. The second kappa shape index (κ2) is 8.86. The molecule has 0 bridgehead atoms. The largest absolute Gasteiger partial charge is 0.426 e. The second-order valence-corrected chi connectivity index (χ2v) is 6.70. The van der Waals surface area contributed by atoms with E-state index in [4.69, 9.17) is 27.9 Å². The Labute approximate surface area is 168 Å². The van der Waals surface area contributed by atoms with Gasteiger partial charge in [0.1, 0.15) is 17.4 Å². The van der Waals surface area contributed by atoms with E-state index < -0.39 is 11.9 Å². The third kappa shape index (κ3) is 5.09. The van der Waals surface area contributed by atoms with Crippen LogP contribution in [0.25, 0.3) is 6.08 Å². The van der Waals surface area contributed by atoms with Gasteiger partial charge in [0.05, 0.1) is 15.7 Å². The average molecular weight is 454 g/mol. The number of hydrogen-bond donors (Lipinski definition) is 1. The van der Waals surface area contributed by atoms with Crippen LogP contribution < -0.4 is 10.1 Å². The molecule has 0 radical (unpaired) electrons. The van der Waals surface area contributed by atoms with Gasteiger partial charge in [0.2, 0.25) is 0 Å². The molecule has 0 spiro atoms. The molecule has 1 N–H and O–H groups in total. The zero-order valence-corrected chi connectivity index (χ0v) is 16.4. The molecule has 0 heterocycles. The van der Waals surface area contributed by atoms with E-state index in [2.05, 4.69) is 21.2 Å². The molecule has 26 heavy (non-hydrogen) atoms. The summed E-state index contributed by atoms with van der Waals surface area (Å²) in [5.41, 5.74) is 0.464. The van der Waals surface area contributed by atoms with Crippen LogP contribution in [0.4, 0.5) is 5.69 Å². The number of esters is 1. The fourth-order valence-electron chi connectivity index (χ4n) is 1.97. The Kier molecular flexibility index (Phi) is 6.81. The molecule has 0 saturated heterocycles. The molecule has 2 rings (SSSR count). The summed E-state index contributed by atoms with van der Waals surface area (Å²) in [5.74, 6) is -0.969. The Morgan fingerprint density at radius 3 is 2.65 bits per heavy atom. The van der Waals surface area contributed by atoms with E-state index in [0.717, 1.165) is 0 Å². The molecule has 0 aromatic heterocycles. The van der Waals surface area contributed by atoms with Gasteiger partial charge in [0, 0.05) is 17.0 Å². The van der Waals surface area contributed by atoms with Crippen molar-refractivity contribution in [2.45, 2.75) is 6.92 Å². The van der Waals surface area contributed by atoms with Crippen LogP contribution in [0.2, 0.25) is 10.0 Å². The summed E-state index contributed by atoms with van der Waals surface area (Å²) in [7, 11) is 0. The van der Waals surface area contributed by atoms with Crippen molar-refractivity contribution < 1.29 is 14.3 Å². The number of carbonyl (C=O) groups excluding carboxylic acids is 2. The molecule has 0 saturated carbocycles. The van der Waals surface area contributed by atoms with Crippen molar-refractivity contribution in [3.63, 3.8) is 0 Å². The zero-order chi connectivity index (χ0) is 19.3. The van der Waals surface area contributed by atoms with E-state index in [-0.39, 0.29) is 27.1 Å². The molecule has 5 nitrogen and oxygen atoms in total. The first kappa shape index (κ1) is 20.0. The van der Waals surface area contributed by atoms with Gasteiger partial charge in [-0.2, -0.15) is 5.26 Å². The maximum atomic E-state index is 12.4. The molecule has 0 aliphatic heterocycles. The van der Waals surface area contributed by atoms with Crippen LogP contribution in [-0.4, -0.2) is 11.9 Å². The lowest BCUT2D eigenvalue weighted by Gasteiger charge is -2.09. The predicted octanol–water partition coefficient (Wildman–Crippen LogP) is 5.23. The van der Waals surface area contributed by atoms with Gasteiger partial charge in [-0.25, -0.2) is 0 Å². The first-order valence-electron chi connectivity index (χ1n) is 7.17. The summed E-state index contributed by atoms with van der Waals surface area (Å²) in [4.78, 5) is 23.6. The molecule has 0 fully saturated rings. The van der Waals surface area contributed by atoms with E-state index in [1.54, 1.807) is 36.4 Å². The van der Waals surface area contributed by atoms with Crippen molar-refractivity contribution in [3.05, 3.63) is 62.1 Å². The average Bonchev–Trinajstić information content (AvgIpc) is 2.58. The molecule has 0 aliphatic rings. The Bertz CT molecular complexity index is 952. The van der Waals surface area contributed by atoms with Crippen molar-refractivity contribution >= 4 is 62.8 Å². The van der Waals surface area contributed by atoms with Crippen LogP contribution in [0.15, 0.2) is 46.4 Å². The fourth-order valence-corrected chi connectivity index (χ4v) is 2.70. The number of ether oxygens (including phenoxy) is 1. The van der Waals surface area contributed by atoms with Crippen LogP contribution >= 0.6 is 39.1 Å². The SMILES string of the molecule is CC(=O)Oc1ccc(Br)cc1/C=C(\C#N)C(=O)Nc1cccc(Cl)c1Cl. The van der Waals surface area contributed by atoms with Crippen molar-refractivity contribution in [2.75, 3.05) is 5.32 Å². The fraction of sp³-hybridized carbons (Fsp3) is 0.0556. The van der Waals surface area contributed by atoms with Gasteiger partial charge in [-0.3, -0.25) is 9.59 Å². The van der Waals surface area contributed by atoms with Crippen molar-refractivity contribution in [3.8, 4) is 11.8 Å². The highest BCUT2D eigenvalue weighted by molar-refractivity contribution is 9.10. The Hall–Kier alpha value is -2.33. The monoisotopic (exact) mass is 452 g/mol. The second-order valence-electron chi connectivity index (χ2n) is 5.00. The lowest BCUT2D eigenvalue weighted by atomic mass is 10.1. The lowest BCUT2D eigenvalue weighted by Crippen LogP contribution is -2.14. The number of anilines is 1. The number of nitriles is 1. The summed E-state index contributed by atoms with van der Waals surface area (Å²) in [5, 5.41) is 12.3. The first-order chi connectivity index (χ1) is 12.3. The van der Waals surface area contributed by atoms with Gasteiger partial charge in [-0.05, 0) is 36.4 Å². The highest BCUT2D eigenvalue weighted by atomic mass is 79.9. The highest BCUT2D eigenvalue weighted by Crippen LogP contribution is 2.30. The molecule has 0 atom stereocenters. The van der Waals surface area contributed by atoms with Gasteiger partial charge in [0.15, 0.2) is 0 Å². The molecule has 0 aliphatic carbocycles. The molecular weight excluding hydrogens is 443 g/mol. The summed E-state index contributed by atoms with van der Waals surface area (Å²) >= 11 is 15.2. The third-order valence-electron chi connectivity index (χ3n) is 3.09. The summed E-state index contributed by atoms with van der Waals surface area (Å²) in [6.45, 7) is 1.26. The van der Waals surface area contributed by atoms with Crippen molar-refractivity contribution in [1.82, 2.24) is 0 Å². The zero-order valence-electron chi connectivity index (χ0n) is 13.3. The number of carbonyl (C=O) groups is 2. The molecule has 1 amide bonds. The van der Waals surface area contributed by atoms with Crippen LogP contribution in [0.5, 0.6) is 5.75 Å². The van der Waals surface area contributed by atoms with Gasteiger partial charge >= 0.3 is 5.97 Å². The minimum absolute atomic E-state index is 0.169. The van der Waals surface area contributed by atoms with E-state index in [0.29, 0.717) is 10.0 Å². The normalized spacial score (nSPS) is 10.8. The number of nitrogens with one attached hydrogen (secondary N) is 1. The minimum Gasteiger partial charge on any atom is -0.426 e. The van der Waals surface area contributed by atoms with Gasteiger partial charge < -0.3 is 10.1 Å². The lowest BCUT2D eigenvalue weighted by molar-refractivity contribution is -0.131. The molecule has 2 aromatic rings. The number of nitrogens with zero attached hydrogens (tertiary/aromatic N) is 1. The van der Waals surface area contributed by atoms with Crippen molar-refractivity contribution in [2.24, 2.45) is 0 Å². The molecule has 2 aromatic carbocycles. The molecule has 132 valence electrons. The van der Waals surface area contributed by atoms with E-state index in [9.17, 15) is 14.9 Å². The van der Waals surface area contributed by atoms with Crippen molar-refractivity contribution in [1.29, 1.82) is 5.26 Å². The topological polar surface area (TPSA) is 79.2 Å². The predicted molar refractivity (Wildman–Crippen MR) is 104 cm³/mol. The van der Waals surface area contributed by atoms with Crippen LogP contribution in [0, 0.1) is 11.3 Å². The van der Waals surface area contributed by atoms with Gasteiger partial charge in [-0.1, -0.05) is 45.2 Å². The van der Waals surface area contributed by atoms with Gasteiger partial charge in [-0.15, -0.1) is 0 Å². The molecular formula is C18H11BrCl2N2O3. The van der Waals surface area contributed by atoms with Crippen LogP contribution in [0.1, 0.15) is 12.5 Å². The quantitative estimate of drug-likeness (QED) is 0.297. The number of halogens is 3. The highest BCUT2D eigenvalue weighted by Gasteiger charge is 2.14. The Balaban J connectivity index is 2.37. The van der Waals surface area contributed by atoms with Crippen LogP contribution in [-0.2, 0) is 9.59 Å². The molecule has 0 unspecified atom stereocenters. The number of rotatable bonds is 4. The first-order valence-corrected chi connectivity index (χ1v) is 8.72. The number of hydrogen-bond acceptors (Lipinski definition) is 4. The van der Waals surface area contributed by atoms with E-state index in [1.807, 2.05) is 6.07 Å². The standard InChI is InChI=1S/C18H11BrCl2N2O3/c1-10(24)26-16-6-5-13(19)8-11(16)7-12(9-22)18(25)23-15-4-2-3-14(20)17(15)21/h2-8H,1H3,(H,23,25)/b12-7+. The van der Waals surface area contributed by atoms with E-state index >= 15 is 0 Å². The minimum atomic E-state index is -0.676.